The van der Waals surface area contributed by atoms with Gasteiger partial charge in [-0.1, -0.05) is 19.4 Å². The van der Waals surface area contributed by atoms with Gasteiger partial charge in [0.1, 0.15) is 5.82 Å². The van der Waals surface area contributed by atoms with Crippen LogP contribution < -0.4 is 15.5 Å². The highest BCUT2D eigenvalue weighted by atomic mass is 19.1. The van der Waals surface area contributed by atoms with Gasteiger partial charge in [-0.3, -0.25) is 0 Å². The fourth-order valence-electron chi connectivity index (χ4n) is 3.25. The molecule has 1 fully saturated rings. The van der Waals surface area contributed by atoms with E-state index < -0.39 is 0 Å². The lowest BCUT2D eigenvalue weighted by Crippen LogP contribution is -2.38. The number of nitrogens with one attached hydrogen (secondary N) is 2. The molecule has 1 aromatic rings. The summed E-state index contributed by atoms with van der Waals surface area (Å²) >= 11 is 0. The van der Waals surface area contributed by atoms with Crippen molar-refractivity contribution in [3.63, 3.8) is 0 Å². The van der Waals surface area contributed by atoms with Crippen LogP contribution in [0.4, 0.5) is 10.1 Å². The molecule has 0 spiro atoms. The SMILES string of the molecule is CCCCOCCCNC(=NCc1ccc(N2CCC(O)CC2)c(F)c1)NCC. The van der Waals surface area contributed by atoms with Gasteiger partial charge in [-0.15, -0.1) is 0 Å². The molecular formula is C22H37FN4O2. The van der Waals surface area contributed by atoms with E-state index in [1.54, 1.807) is 6.07 Å². The molecule has 0 bridgehead atoms. The van der Waals surface area contributed by atoms with E-state index in [1.807, 2.05) is 24.0 Å². The number of hydrogen-bond acceptors (Lipinski definition) is 4. The molecule has 0 saturated carbocycles. The summed E-state index contributed by atoms with van der Waals surface area (Å²) in [6.07, 6.45) is 4.29. The molecule has 2 rings (SSSR count). The van der Waals surface area contributed by atoms with Crippen LogP contribution in [0.2, 0.25) is 0 Å². The third-order valence-corrected chi connectivity index (χ3v) is 4.98. The van der Waals surface area contributed by atoms with Crippen molar-refractivity contribution >= 4 is 11.6 Å². The van der Waals surface area contributed by atoms with Gasteiger partial charge in [0.25, 0.3) is 0 Å². The summed E-state index contributed by atoms with van der Waals surface area (Å²) in [7, 11) is 0. The molecule has 1 saturated heterocycles. The lowest BCUT2D eigenvalue weighted by molar-refractivity contribution is 0.129. The number of halogens is 1. The number of rotatable bonds is 11. The first kappa shape index (κ1) is 23.4. The molecule has 164 valence electrons. The van der Waals surface area contributed by atoms with Crippen LogP contribution in [0.15, 0.2) is 23.2 Å². The molecule has 1 heterocycles. The van der Waals surface area contributed by atoms with Gasteiger partial charge in [-0.05, 0) is 50.3 Å². The van der Waals surface area contributed by atoms with Crippen molar-refractivity contribution in [3.8, 4) is 0 Å². The zero-order valence-corrected chi connectivity index (χ0v) is 17.9. The second-order valence-electron chi connectivity index (χ2n) is 7.45. The maximum Gasteiger partial charge on any atom is 0.191 e. The molecule has 0 atom stereocenters. The summed E-state index contributed by atoms with van der Waals surface area (Å²) in [5.41, 5.74) is 1.45. The molecule has 1 aromatic carbocycles. The molecule has 29 heavy (non-hydrogen) atoms. The average Bonchev–Trinajstić information content (AvgIpc) is 2.72. The van der Waals surface area contributed by atoms with E-state index in [0.29, 0.717) is 38.2 Å². The van der Waals surface area contributed by atoms with Gasteiger partial charge in [0, 0.05) is 39.4 Å². The minimum Gasteiger partial charge on any atom is -0.393 e. The van der Waals surface area contributed by atoms with E-state index in [4.69, 9.17) is 4.74 Å². The van der Waals surface area contributed by atoms with Crippen molar-refractivity contribution in [2.24, 2.45) is 4.99 Å². The van der Waals surface area contributed by atoms with E-state index in [1.165, 1.54) is 0 Å². The average molecular weight is 409 g/mol. The fraction of sp³-hybridized carbons (Fsp3) is 0.682. The fourth-order valence-corrected chi connectivity index (χ4v) is 3.25. The van der Waals surface area contributed by atoms with Crippen LogP contribution >= 0.6 is 0 Å². The van der Waals surface area contributed by atoms with Gasteiger partial charge in [0.05, 0.1) is 18.3 Å². The lowest BCUT2D eigenvalue weighted by atomic mass is 10.1. The molecule has 1 aliphatic heterocycles. The first-order valence-corrected chi connectivity index (χ1v) is 10.9. The highest BCUT2D eigenvalue weighted by molar-refractivity contribution is 5.79. The molecule has 0 radical (unpaired) electrons. The molecule has 7 heteroatoms. The van der Waals surface area contributed by atoms with Crippen LogP contribution in [-0.4, -0.2) is 56.6 Å². The van der Waals surface area contributed by atoms with Gasteiger partial charge in [0.15, 0.2) is 5.96 Å². The molecule has 0 unspecified atom stereocenters. The Morgan fingerprint density at radius 3 is 2.66 bits per heavy atom. The molecule has 0 aliphatic carbocycles. The molecule has 0 amide bonds. The number of aliphatic hydroxyl groups is 1. The Labute approximate surface area is 174 Å². The first-order chi connectivity index (χ1) is 14.1. The van der Waals surface area contributed by atoms with Crippen molar-refractivity contribution < 1.29 is 14.2 Å². The van der Waals surface area contributed by atoms with Crippen LogP contribution in [0.1, 0.15) is 51.5 Å². The number of anilines is 1. The van der Waals surface area contributed by atoms with E-state index in [9.17, 15) is 9.50 Å². The van der Waals surface area contributed by atoms with Gasteiger partial charge in [0.2, 0.25) is 0 Å². The van der Waals surface area contributed by atoms with E-state index in [-0.39, 0.29) is 11.9 Å². The van der Waals surface area contributed by atoms with Crippen molar-refractivity contribution in [2.75, 3.05) is 44.3 Å². The summed E-state index contributed by atoms with van der Waals surface area (Å²) in [6.45, 7) is 9.09. The number of ether oxygens (including phenoxy) is 1. The van der Waals surface area contributed by atoms with E-state index in [0.717, 1.165) is 57.1 Å². The number of hydrogen-bond donors (Lipinski definition) is 3. The Kier molecular flexibility index (Phi) is 10.8. The topological polar surface area (TPSA) is 69.1 Å². The minimum absolute atomic E-state index is 0.226. The van der Waals surface area contributed by atoms with Crippen molar-refractivity contribution in [1.29, 1.82) is 0 Å². The highest BCUT2D eigenvalue weighted by Gasteiger charge is 2.19. The number of benzene rings is 1. The summed E-state index contributed by atoms with van der Waals surface area (Å²) in [4.78, 5) is 6.57. The predicted molar refractivity (Wildman–Crippen MR) is 117 cm³/mol. The summed E-state index contributed by atoms with van der Waals surface area (Å²) in [6, 6.07) is 5.32. The largest absolute Gasteiger partial charge is 0.393 e. The minimum atomic E-state index is -0.261. The molecule has 3 N–H and O–H groups in total. The Morgan fingerprint density at radius 2 is 1.97 bits per heavy atom. The number of aliphatic hydroxyl groups excluding tert-OH is 1. The first-order valence-electron chi connectivity index (χ1n) is 10.9. The van der Waals surface area contributed by atoms with Gasteiger partial charge in [-0.2, -0.15) is 0 Å². The quantitative estimate of drug-likeness (QED) is 0.298. The van der Waals surface area contributed by atoms with Gasteiger partial charge < -0.3 is 25.4 Å². The van der Waals surface area contributed by atoms with Gasteiger partial charge in [-0.25, -0.2) is 9.38 Å². The normalized spacial score (nSPS) is 15.6. The van der Waals surface area contributed by atoms with Crippen molar-refractivity contribution in [1.82, 2.24) is 10.6 Å². The Hall–Kier alpha value is -1.86. The number of nitrogens with zero attached hydrogens (tertiary/aromatic N) is 2. The van der Waals surface area contributed by atoms with E-state index in [2.05, 4.69) is 22.5 Å². The second-order valence-corrected chi connectivity index (χ2v) is 7.45. The predicted octanol–water partition coefficient (Wildman–Crippen LogP) is 3.05. The number of aliphatic imine (C=N–C) groups is 1. The Balaban J connectivity index is 1.82. The zero-order valence-electron chi connectivity index (χ0n) is 17.9. The monoisotopic (exact) mass is 408 g/mol. The lowest BCUT2D eigenvalue weighted by Gasteiger charge is -2.31. The van der Waals surface area contributed by atoms with Crippen LogP contribution in [-0.2, 0) is 11.3 Å². The maximum atomic E-state index is 14.6. The zero-order chi connectivity index (χ0) is 20.9. The van der Waals surface area contributed by atoms with Crippen LogP contribution in [0.3, 0.4) is 0 Å². The number of unbranched alkanes of at least 4 members (excludes halogenated alkanes) is 1. The number of piperidine rings is 1. The number of guanidine groups is 1. The van der Waals surface area contributed by atoms with Crippen LogP contribution in [0.5, 0.6) is 0 Å². The third-order valence-electron chi connectivity index (χ3n) is 4.98. The second kappa shape index (κ2) is 13.4. The van der Waals surface area contributed by atoms with Gasteiger partial charge >= 0.3 is 0 Å². The summed E-state index contributed by atoms with van der Waals surface area (Å²) < 4.78 is 20.1. The molecular weight excluding hydrogens is 371 g/mol. The molecule has 6 nitrogen and oxygen atoms in total. The summed E-state index contributed by atoms with van der Waals surface area (Å²) in [5, 5.41) is 16.1. The molecule has 1 aliphatic rings. The maximum absolute atomic E-state index is 14.6. The van der Waals surface area contributed by atoms with Crippen LogP contribution in [0, 0.1) is 5.82 Å². The molecule has 0 aromatic heterocycles. The highest BCUT2D eigenvalue weighted by Crippen LogP contribution is 2.24. The Morgan fingerprint density at radius 1 is 1.21 bits per heavy atom. The van der Waals surface area contributed by atoms with Crippen molar-refractivity contribution in [3.05, 3.63) is 29.6 Å². The van der Waals surface area contributed by atoms with E-state index >= 15 is 0 Å². The Bertz CT molecular complexity index is 619. The summed E-state index contributed by atoms with van der Waals surface area (Å²) in [5.74, 6) is 0.506. The smallest absolute Gasteiger partial charge is 0.191 e. The third kappa shape index (κ3) is 8.58. The standard InChI is InChI=1S/C22H37FN4O2/c1-3-5-14-29-15-6-11-25-22(24-4-2)26-17-18-7-8-21(20(23)16-18)27-12-9-19(28)10-13-27/h7-8,16,19,28H,3-6,9-15,17H2,1-2H3,(H2,24,25,26). The van der Waals surface area contributed by atoms with Crippen molar-refractivity contribution in [2.45, 2.75) is 58.6 Å². The van der Waals surface area contributed by atoms with Crippen LogP contribution in [0.25, 0.3) is 0 Å².